The fourth-order valence-corrected chi connectivity index (χ4v) is 1.60. The predicted octanol–water partition coefficient (Wildman–Crippen LogP) is 3.11. The summed E-state index contributed by atoms with van der Waals surface area (Å²) in [6, 6.07) is 2.78. The Hall–Kier alpha value is -1.70. The number of alkyl halides is 5. The molecule has 118 valence electrons. The van der Waals surface area contributed by atoms with E-state index in [9.17, 15) is 31.9 Å². The van der Waals surface area contributed by atoms with Crippen molar-refractivity contribution in [3.05, 3.63) is 35.4 Å². The molecule has 0 aliphatic carbocycles. The van der Waals surface area contributed by atoms with Crippen molar-refractivity contribution in [1.29, 1.82) is 0 Å². The van der Waals surface area contributed by atoms with Crippen molar-refractivity contribution >= 4 is 5.97 Å². The molecule has 0 aliphatic rings. The number of carbonyl (C=O) groups excluding carboxylic acids is 1. The fourth-order valence-electron chi connectivity index (χ4n) is 1.60. The molecule has 0 heterocycles. The van der Waals surface area contributed by atoms with Gasteiger partial charge < -0.3 is 9.84 Å². The molecule has 1 aromatic carbocycles. The Bertz CT molecular complexity index is 523. The Labute approximate surface area is 117 Å². The van der Waals surface area contributed by atoms with E-state index >= 15 is 0 Å². The second-order valence-electron chi connectivity index (χ2n) is 4.45. The van der Waals surface area contributed by atoms with Crippen LogP contribution in [0.15, 0.2) is 24.3 Å². The van der Waals surface area contributed by atoms with Crippen LogP contribution in [0.2, 0.25) is 0 Å². The first-order valence-electron chi connectivity index (χ1n) is 5.89. The van der Waals surface area contributed by atoms with Crippen LogP contribution in [0.5, 0.6) is 0 Å². The van der Waals surface area contributed by atoms with Gasteiger partial charge in [-0.2, -0.15) is 22.0 Å². The third kappa shape index (κ3) is 3.31. The van der Waals surface area contributed by atoms with Crippen LogP contribution >= 0.6 is 0 Å². The molecule has 0 fully saturated rings. The lowest BCUT2D eigenvalue weighted by atomic mass is 9.88. The zero-order valence-electron chi connectivity index (χ0n) is 11.2. The van der Waals surface area contributed by atoms with Gasteiger partial charge in [0.05, 0.1) is 12.2 Å². The van der Waals surface area contributed by atoms with Crippen LogP contribution in [0.4, 0.5) is 22.0 Å². The minimum Gasteiger partial charge on any atom is -0.461 e. The van der Waals surface area contributed by atoms with Crippen molar-refractivity contribution in [3.63, 3.8) is 0 Å². The van der Waals surface area contributed by atoms with Crippen LogP contribution in [-0.4, -0.2) is 23.6 Å². The van der Waals surface area contributed by atoms with Crippen molar-refractivity contribution in [2.24, 2.45) is 0 Å². The summed E-state index contributed by atoms with van der Waals surface area (Å²) < 4.78 is 69.6. The largest absolute Gasteiger partial charge is 0.461 e. The molecule has 0 bridgehead atoms. The van der Waals surface area contributed by atoms with Crippen molar-refractivity contribution in [2.75, 3.05) is 6.61 Å². The van der Waals surface area contributed by atoms with Gasteiger partial charge in [0, 0.05) is 0 Å². The normalized spacial score (nSPS) is 15.4. The second-order valence-corrected chi connectivity index (χ2v) is 4.45. The fraction of sp³-hybridized carbons (Fsp3) is 0.462. The van der Waals surface area contributed by atoms with Gasteiger partial charge >= 0.3 is 18.1 Å². The quantitative estimate of drug-likeness (QED) is 0.686. The number of hydrogen-bond donors (Lipinski definition) is 1. The van der Waals surface area contributed by atoms with E-state index in [1.807, 2.05) is 0 Å². The van der Waals surface area contributed by atoms with Crippen molar-refractivity contribution in [1.82, 2.24) is 0 Å². The SMILES string of the molecule is CCOC(=O)C(F)(F)C(C)(O)c1cccc(C(F)(F)F)c1. The first-order chi connectivity index (χ1) is 9.44. The summed E-state index contributed by atoms with van der Waals surface area (Å²) in [6.45, 7) is 1.49. The summed E-state index contributed by atoms with van der Waals surface area (Å²) >= 11 is 0. The van der Waals surface area contributed by atoms with E-state index in [0.717, 1.165) is 12.1 Å². The topological polar surface area (TPSA) is 46.5 Å². The van der Waals surface area contributed by atoms with Crippen LogP contribution in [-0.2, 0) is 21.3 Å². The molecule has 0 aliphatic heterocycles. The van der Waals surface area contributed by atoms with Gasteiger partial charge in [-0.1, -0.05) is 12.1 Å². The average molecular weight is 312 g/mol. The molecule has 1 N–H and O–H groups in total. The molecular formula is C13H13F5O3. The Morgan fingerprint density at radius 2 is 1.71 bits per heavy atom. The second kappa shape index (κ2) is 5.59. The van der Waals surface area contributed by atoms with Gasteiger partial charge in [-0.25, -0.2) is 4.79 Å². The third-order valence-corrected chi connectivity index (χ3v) is 2.90. The molecule has 3 nitrogen and oxygen atoms in total. The highest BCUT2D eigenvalue weighted by Crippen LogP contribution is 2.40. The number of ether oxygens (including phenoxy) is 1. The van der Waals surface area contributed by atoms with E-state index in [1.165, 1.54) is 6.92 Å². The number of aliphatic hydroxyl groups is 1. The Balaban J connectivity index is 3.27. The molecule has 1 unspecified atom stereocenters. The summed E-state index contributed by atoms with van der Waals surface area (Å²) in [5.41, 5.74) is -5.09. The molecule has 1 atom stereocenters. The Morgan fingerprint density at radius 1 is 1.19 bits per heavy atom. The van der Waals surface area contributed by atoms with Gasteiger partial charge in [0.15, 0.2) is 5.60 Å². The van der Waals surface area contributed by atoms with Gasteiger partial charge in [-0.3, -0.25) is 0 Å². The Kier molecular flexibility index (Phi) is 4.62. The van der Waals surface area contributed by atoms with Gasteiger partial charge in [0.1, 0.15) is 0 Å². The smallest absolute Gasteiger partial charge is 0.416 e. The average Bonchev–Trinajstić information content (AvgIpc) is 2.38. The summed E-state index contributed by atoms with van der Waals surface area (Å²) in [7, 11) is 0. The minimum absolute atomic E-state index is 0.354. The number of halogens is 5. The zero-order chi connectivity index (χ0) is 16.5. The number of benzene rings is 1. The highest BCUT2D eigenvalue weighted by molar-refractivity contribution is 5.79. The van der Waals surface area contributed by atoms with Crippen molar-refractivity contribution in [3.8, 4) is 0 Å². The van der Waals surface area contributed by atoms with Crippen LogP contribution in [0, 0.1) is 0 Å². The van der Waals surface area contributed by atoms with E-state index in [4.69, 9.17) is 0 Å². The van der Waals surface area contributed by atoms with Gasteiger partial charge in [0.25, 0.3) is 0 Å². The predicted molar refractivity (Wildman–Crippen MR) is 62.6 cm³/mol. The molecular weight excluding hydrogens is 299 g/mol. The summed E-state index contributed by atoms with van der Waals surface area (Å²) in [5, 5.41) is 9.88. The maximum absolute atomic E-state index is 13.9. The summed E-state index contributed by atoms with van der Waals surface area (Å²) in [4.78, 5) is 11.2. The highest BCUT2D eigenvalue weighted by Gasteiger charge is 2.58. The summed E-state index contributed by atoms with van der Waals surface area (Å²) in [5.74, 6) is -6.40. The van der Waals surface area contributed by atoms with E-state index in [0.29, 0.717) is 19.1 Å². The van der Waals surface area contributed by atoms with Gasteiger partial charge in [0.2, 0.25) is 0 Å². The molecule has 0 amide bonds. The van der Waals surface area contributed by atoms with E-state index in [-0.39, 0.29) is 6.61 Å². The number of rotatable bonds is 4. The first kappa shape index (κ1) is 17.4. The van der Waals surface area contributed by atoms with Crippen LogP contribution in [0.3, 0.4) is 0 Å². The lowest BCUT2D eigenvalue weighted by Gasteiger charge is -2.31. The van der Waals surface area contributed by atoms with Gasteiger partial charge in [-0.05, 0) is 31.5 Å². The molecule has 1 rings (SSSR count). The molecule has 0 aromatic heterocycles. The molecule has 0 saturated carbocycles. The minimum atomic E-state index is -4.76. The van der Waals surface area contributed by atoms with Gasteiger partial charge in [-0.15, -0.1) is 0 Å². The lowest BCUT2D eigenvalue weighted by Crippen LogP contribution is -2.49. The van der Waals surface area contributed by atoms with Crippen LogP contribution in [0.1, 0.15) is 25.0 Å². The zero-order valence-corrected chi connectivity index (χ0v) is 11.2. The first-order valence-corrected chi connectivity index (χ1v) is 5.89. The molecule has 1 aromatic rings. The molecule has 0 saturated heterocycles. The van der Waals surface area contributed by atoms with Crippen molar-refractivity contribution < 1.29 is 36.6 Å². The summed E-state index contributed by atoms with van der Waals surface area (Å²) in [6.07, 6.45) is -4.76. The molecule has 8 heteroatoms. The standard InChI is InChI=1S/C13H13F5O3/c1-3-21-10(19)12(14,15)11(2,20)8-5-4-6-9(7-8)13(16,17)18/h4-7,20H,3H2,1-2H3. The Morgan fingerprint density at radius 3 is 2.19 bits per heavy atom. The number of hydrogen-bond acceptors (Lipinski definition) is 3. The number of carbonyl (C=O) groups is 1. The third-order valence-electron chi connectivity index (χ3n) is 2.90. The monoisotopic (exact) mass is 312 g/mol. The van der Waals surface area contributed by atoms with E-state index in [2.05, 4.69) is 4.74 Å². The number of esters is 1. The van der Waals surface area contributed by atoms with E-state index < -0.39 is 34.8 Å². The lowest BCUT2D eigenvalue weighted by molar-refractivity contribution is -0.212. The van der Waals surface area contributed by atoms with Crippen molar-refractivity contribution in [2.45, 2.75) is 31.5 Å². The maximum Gasteiger partial charge on any atom is 0.416 e. The highest BCUT2D eigenvalue weighted by atomic mass is 19.4. The van der Waals surface area contributed by atoms with Crippen LogP contribution in [0.25, 0.3) is 0 Å². The molecule has 21 heavy (non-hydrogen) atoms. The van der Waals surface area contributed by atoms with E-state index in [1.54, 1.807) is 0 Å². The molecule has 0 radical (unpaired) electrons. The van der Waals surface area contributed by atoms with Crippen LogP contribution < -0.4 is 0 Å². The maximum atomic E-state index is 13.9. The molecule has 0 spiro atoms.